The Labute approximate surface area is 331 Å². The number of anilines is 2. The van der Waals surface area contributed by atoms with Crippen LogP contribution in [0, 0.1) is 24.5 Å². The second-order valence-electron chi connectivity index (χ2n) is 16.3. The molecular formula is C45H47F2N5O5. The van der Waals surface area contributed by atoms with Gasteiger partial charge < -0.3 is 24.5 Å². The van der Waals surface area contributed by atoms with Gasteiger partial charge in [-0.05, 0) is 90.8 Å². The number of nitrogens with one attached hydrogen (secondary N) is 1. The summed E-state index contributed by atoms with van der Waals surface area (Å²) in [5.41, 5.74) is 6.48. The number of benzene rings is 4. The van der Waals surface area contributed by atoms with Crippen molar-refractivity contribution in [3.63, 3.8) is 0 Å². The zero-order chi connectivity index (χ0) is 39.4. The normalized spacial score (nSPS) is 23.0. The van der Waals surface area contributed by atoms with Crippen LogP contribution in [0.15, 0.2) is 72.8 Å². The van der Waals surface area contributed by atoms with Gasteiger partial charge in [-0.15, -0.1) is 0 Å². The summed E-state index contributed by atoms with van der Waals surface area (Å²) < 4.78 is 35.8. The van der Waals surface area contributed by atoms with Crippen molar-refractivity contribution >= 4 is 29.1 Å². The lowest BCUT2D eigenvalue weighted by Crippen LogP contribution is -2.52. The van der Waals surface area contributed by atoms with Gasteiger partial charge in [0.1, 0.15) is 29.2 Å². The second-order valence-corrected chi connectivity index (χ2v) is 16.3. The smallest absolute Gasteiger partial charge is 0.255 e. The number of aromatic hydroxyl groups is 1. The first kappa shape index (κ1) is 37.1. The Kier molecular flexibility index (Phi) is 9.84. The predicted octanol–water partition coefficient (Wildman–Crippen LogP) is 6.09. The van der Waals surface area contributed by atoms with Gasteiger partial charge in [-0.1, -0.05) is 30.3 Å². The summed E-state index contributed by atoms with van der Waals surface area (Å²) in [7, 11) is 0. The third-order valence-electron chi connectivity index (χ3n) is 12.8. The highest BCUT2D eigenvalue weighted by Gasteiger charge is 2.40. The number of carbonyl (C=O) groups is 3. The second kappa shape index (κ2) is 15.1. The van der Waals surface area contributed by atoms with Gasteiger partial charge in [-0.2, -0.15) is 0 Å². The highest BCUT2D eigenvalue weighted by molar-refractivity contribution is 6.05. The molecule has 0 spiro atoms. The summed E-state index contributed by atoms with van der Waals surface area (Å²) in [5.74, 6) is -0.444. The topological polar surface area (TPSA) is 106 Å². The minimum Gasteiger partial charge on any atom is -0.508 e. The van der Waals surface area contributed by atoms with Crippen LogP contribution in [0.4, 0.5) is 20.2 Å². The number of hydrogen-bond donors (Lipinski definition) is 2. The zero-order valence-corrected chi connectivity index (χ0v) is 32.1. The molecule has 9 rings (SSSR count). The van der Waals surface area contributed by atoms with Crippen molar-refractivity contribution in [2.24, 2.45) is 5.92 Å². The van der Waals surface area contributed by atoms with Crippen LogP contribution < -0.4 is 19.9 Å². The molecule has 0 bridgehead atoms. The Morgan fingerprint density at radius 2 is 1.56 bits per heavy atom. The van der Waals surface area contributed by atoms with Crippen molar-refractivity contribution in [3.8, 4) is 11.5 Å². The lowest BCUT2D eigenvalue weighted by Gasteiger charge is -2.40. The maximum Gasteiger partial charge on any atom is 0.255 e. The van der Waals surface area contributed by atoms with E-state index in [9.17, 15) is 23.9 Å². The number of phenols is 1. The van der Waals surface area contributed by atoms with Crippen LogP contribution >= 0.6 is 0 Å². The predicted molar refractivity (Wildman–Crippen MR) is 212 cm³/mol. The molecule has 0 aliphatic carbocycles. The van der Waals surface area contributed by atoms with E-state index in [1.54, 1.807) is 25.1 Å². The Bertz CT molecular complexity index is 2220. The number of fused-ring (bicyclic) bond motifs is 2. The summed E-state index contributed by atoms with van der Waals surface area (Å²) in [4.78, 5) is 45.7. The summed E-state index contributed by atoms with van der Waals surface area (Å²) in [6, 6.07) is 21.8. The molecule has 3 unspecified atom stereocenters. The van der Waals surface area contributed by atoms with Gasteiger partial charge in [0.2, 0.25) is 11.8 Å². The summed E-state index contributed by atoms with van der Waals surface area (Å²) in [6.45, 7) is 8.41. The largest absolute Gasteiger partial charge is 0.508 e. The van der Waals surface area contributed by atoms with E-state index in [0.717, 1.165) is 62.3 Å². The zero-order valence-electron chi connectivity index (χ0n) is 32.1. The van der Waals surface area contributed by atoms with Crippen molar-refractivity contribution in [2.45, 2.75) is 57.0 Å². The average molecular weight is 776 g/mol. The Morgan fingerprint density at radius 3 is 2.30 bits per heavy atom. The number of phenolic OH excluding ortho intramolecular Hbond substituents is 1. The Hall–Kier alpha value is -5.49. The van der Waals surface area contributed by atoms with Crippen LogP contribution in [0.25, 0.3) is 0 Å². The van der Waals surface area contributed by atoms with Crippen LogP contribution in [0.1, 0.15) is 75.7 Å². The molecule has 3 atom stereocenters. The van der Waals surface area contributed by atoms with E-state index in [4.69, 9.17) is 4.74 Å². The number of nitrogens with zero attached hydrogens (tertiary/aromatic N) is 4. The van der Waals surface area contributed by atoms with E-state index in [1.165, 1.54) is 22.7 Å². The first-order valence-electron chi connectivity index (χ1n) is 20.1. The van der Waals surface area contributed by atoms with Crippen LogP contribution in [0.5, 0.6) is 11.5 Å². The van der Waals surface area contributed by atoms with Gasteiger partial charge in [-0.25, -0.2) is 8.78 Å². The van der Waals surface area contributed by atoms with E-state index in [1.807, 2.05) is 18.2 Å². The Morgan fingerprint density at radius 1 is 0.807 bits per heavy atom. The number of piperazine rings is 1. The fourth-order valence-electron chi connectivity index (χ4n) is 9.62. The van der Waals surface area contributed by atoms with Gasteiger partial charge in [0.15, 0.2) is 0 Å². The van der Waals surface area contributed by atoms with Crippen molar-refractivity contribution in [1.82, 2.24) is 15.1 Å². The standard InChI is InChI=1S/C45H47F2N5O5/c1-27-20-30(4-9-37(27)46)36-26-57-41-22-33(53)7-8-34(41)43(36)29-2-5-32(6-3-29)50-14-12-28(13-15-50)24-49-16-18-51(19-17-49)40-21-31-25-52(45(56)35(31)23-38(40)47)39-10-11-42(54)48-44(39)55/h2-9,20-23,28,36,39,43,53H,10-19,24-26H2,1H3,(H,48,54,55). The minimum atomic E-state index is -0.726. The van der Waals surface area contributed by atoms with E-state index in [-0.39, 0.29) is 54.6 Å². The average Bonchev–Trinajstić information content (AvgIpc) is 3.53. The molecule has 4 aromatic carbocycles. The molecule has 3 fully saturated rings. The molecule has 10 nitrogen and oxygen atoms in total. The summed E-state index contributed by atoms with van der Waals surface area (Å²) >= 11 is 0. The molecule has 5 aliphatic rings. The molecule has 5 aliphatic heterocycles. The van der Waals surface area contributed by atoms with Crippen molar-refractivity contribution in [3.05, 3.63) is 118 Å². The number of aryl methyl sites for hydroxylation is 1. The lowest BCUT2D eigenvalue weighted by molar-refractivity contribution is -0.136. The van der Waals surface area contributed by atoms with Crippen molar-refractivity contribution < 1.29 is 33.0 Å². The quantitative estimate of drug-likeness (QED) is 0.218. The summed E-state index contributed by atoms with van der Waals surface area (Å²) in [5, 5.41) is 12.5. The van der Waals surface area contributed by atoms with Crippen molar-refractivity contribution in [1.29, 1.82) is 0 Å². The van der Waals surface area contributed by atoms with Crippen LogP contribution in [0.2, 0.25) is 0 Å². The van der Waals surface area contributed by atoms with E-state index >= 15 is 4.39 Å². The molecule has 57 heavy (non-hydrogen) atoms. The van der Waals surface area contributed by atoms with Crippen LogP contribution in [0.3, 0.4) is 0 Å². The number of halogens is 2. The van der Waals surface area contributed by atoms with Gasteiger partial charge in [0, 0.05) is 93.5 Å². The summed E-state index contributed by atoms with van der Waals surface area (Å²) in [6.07, 6.45) is 2.62. The third kappa shape index (κ3) is 7.20. The number of amides is 3. The third-order valence-corrected chi connectivity index (χ3v) is 12.8. The number of hydrogen-bond acceptors (Lipinski definition) is 8. The van der Waals surface area contributed by atoms with E-state index in [0.29, 0.717) is 53.7 Å². The highest BCUT2D eigenvalue weighted by Crippen LogP contribution is 2.47. The maximum absolute atomic E-state index is 15.5. The number of ether oxygens (including phenoxy) is 1. The molecule has 296 valence electrons. The fraction of sp³-hybridized carbons (Fsp3) is 0.400. The fourth-order valence-corrected chi connectivity index (χ4v) is 9.62. The van der Waals surface area contributed by atoms with Crippen LogP contribution in [-0.2, 0) is 16.1 Å². The number of carbonyl (C=O) groups excluding carboxylic acids is 3. The first-order chi connectivity index (χ1) is 27.6. The molecule has 0 radical (unpaired) electrons. The molecule has 5 heterocycles. The molecule has 3 saturated heterocycles. The highest BCUT2D eigenvalue weighted by atomic mass is 19.1. The molecule has 0 aromatic heterocycles. The number of imide groups is 1. The first-order valence-corrected chi connectivity index (χ1v) is 20.1. The maximum atomic E-state index is 15.5. The lowest BCUT2D eigenvalue weighted by atomic mass is 9.75. The minimum absolute atomic E-state index is 0.0132. The molecule has 12 heteroatoms. The van der Waals surface area contributed by atoms with Crippen molar-refractivity contribution in [2.75, 3.05) is 62.2 Å². The molecule has 3 amide bonds. The number of rotatable bonds is 7. The SMILES string of the molecule is Cc1cc(C2COc3cc(O)ccc3C2c2ccc(N3CCC(CN4CCN(c5cc6c(cc5F)C(=O)N(C5CCC(=O)NC5=O)C6)CC4)CC3)cc2)ccc1F. The molecular weight excluding hydrogens is 729 g/mol. The monoisotopic (exact) mass is 775 g/mol. The van der Waals surface area contributed by atoms with Gasteiger partial charge in [-0.3, -0.25) is 24.6 Å². The molecule has 0 saturated carbocycles. The van der Waals surface area contributed by atoms with Gasteiger partial charge in [0.25, 0.3) is 5.91 Å². The number of piperidine rings is 2. The van der Waals surface area contributed by atoms with Gasteiger partial charge >= 0.3 is 0 Å². The molecule has 4 aromatic rings. The van der Waals surface area contributed by atoms with E-state index in [2.05, 4.69) is 44.3 Å². The molecule has 2 N–H and O–H groups in total. The van der Waals surface area contributed by atoms with Gasteiger partial charge in [0.05, 0.1) is 12.3 Å². The van der Waals surface area contributed by atoms with Crippen LogP contribution in [-0.4, -0.2) is 91.1 Å². The Balaban J connectivity index is 0.797. The van der Waals surface area contributed by atoms with E-state index < -0.39 is 17.8 Å².